The zero-order valence-electron chi connectivity index (χ0n) is 49.6. The Balaban J connectivity index is 0.000000160. The second kappa shape index (κ2) is 26.4. The number of pyridine rings is 1. The van der Waals surface area contributed by atoms with Gasteiger partial charge in [0.1, 0.15) is 25.3 Å². The van der Waals surface area contributed by atoms with Crippen LogP contribution in [0.4, 0.5) is 0 Å². The lowest BCUT2D eigenvalue weighted by atomic mass is 9.86. The van der Waals surface area contributed by atoms with Crippen LogP contribution in [0, 0.1) is 6.92 Å². The van der Waals surface area contributed by atoms with Crippen LogP contribution in [0.2, 0.25) is 0 Å². The van der Waals surface area contributed by atoms with Gasteiger partial charge in [-0.1, -0.05) is 195 Å². The number of aryl methyl sites for hydroxylation is 1. The molecule has 0 aliphatic carbocycles. The van der Waals surface area contributed by atoms with Crippen LogP contribution in [-0.4, -0.2) is 64.7 Å². The third-order valence-corrected chi connectivity index (χ3v) is 13.1. The van der Waals surface area contributed by atoms with Gasteiger partial charge < -0.3 is 4.57 Å². The van der Waals surface area contributed by atoms with Gasteiger partial charge in [-0.2, -0.15) is 15.4 Å². The first-order chi connectivity index (χ1) is 37.2. The van der Waals surface area contributed by atoms with Crippen LogP contribution in [0.25, 0.3) is 22.8 Å². The number of hydrogen-bond acceptors (Lipinski definition) is 9. The lowest BCUT2D eigenvalue weighted by Gasteiger charge is -2.19. The molecule has 0 spiro atoms. The van der Waals surface area contributed by atoms with E-state index in [9.17, 15) is 0 Å². The Bertz CT molecular complexity index is 3290. The molecule has 13 nitrogen and oxygen atoms in total. The zero-order chi connectivity index (χ0) is 57.4. The highest BCUT2D eigenvalue weighted by molar-refractivity contribution is 5.55. The smallest absolute Gasteiger partial charge is 0.204 e. The van der Waals surface area contributed by atoms with Crippen LogP contribution in [0.1, 0.15) is 154 Å². The highest BCUT2D eigenvalue weighted by atomic mass is 15.5. The second-order valence-electron chi connectivity index (χ2n) is 24.9. The molecule has 0 saturated heterocycles. The highest BCUT2D eigenvalue weighted by Crippen LogP contribution is 2.28. The van der Waals surface area contributed by atoms with Crippen molar-refractivity contribution in [1.29, 1.82) is 0 Å². The maximum absolute atomic E-state index is 4.23. The molecule has 5 aromatic carbocycles. The highest BCUT2D eigenvalue weighted by Gasteiger charge is 2.17. The van der Waals surface area contributed by atoms with Gasteiger partial charge >= 0.3 is 0 Å². The van der Waals surface area contributed by atoms with E-state index in [1.807, 2.05) is 53.2 Å². The number of rotatable bonds is 7. The first-order valence-corrected chi connectivity index (χ1v) is 27.0. The summed E-state index contributed by atoms with van der Waals surface area (Å²) in [5.41, 5.74) is 15.8. The maximum atomic E-state index is 4.23. The summed E-state index contributed by atoms with van der Waals surface area (Å²) in [5, 5.41) is 22.1. The van der Waals surface area contributed by atoms with Crippen LogP contribution in [-0.2, 0) is 40.0 Å². The molecule has 412 valence electrons. The van der Waals surface area contributed by atoms with Crippen LogP contribution < -0.4 is 0 Å². The van der Waals surface area contributed by atoms with E-state index in [4.69, 9.17) is 0 Å². The normalized spacial score (nSPS) is 11.6. The lowest BCUT2D eigenvalue weighted by molar-refractivity contribution is 0.589. The Kier molecular flexibility index (Phi) is 20.1. The van der Waals surface area contributed by atoms with Crippen molar-refractivity contribution >= 4 is 0 Å². The zero-order valence-corrected chi connectivity index (χ0v) is 49.6. The van der Waals surface area contributed by atoms with E-state index in [1.165, 1.54) is 50.8 Å². The van der Waals surface area contributed by atoms with Crippen molar-refractivity contribution in [2.24, 2.45) is 0 Å². The van der Waals surface area contributed by atoms with Crippen LogP contribution >= 0.6 is 0 Å². The minimum absolute atomic E-state index is 0.139. The fourth-order valence-electron chi connectivity index (χ4n) is 8.03. The molecule has 1 N–H and O–H groups in total. The summed E-state index contributed by atoms with van der Waals surface area (Å²) in [6, 6.07) is 47.0. The molecule has 10 aromatic rings. The molecule has 0 aliphatic heterocycles. The van der Waals surface area contributed by atoms with Crippen LogP contribution in [0.3, 0.4) is 0 Å². The molecular formula is C66H83N13. The molecule has 5 heterocycles. The van der Waals surface area contributed by atoms with E-state index < -0.39 is 0 Å². The fourth-order valence-corrected chi connectivity index (χ4v) is 8.03. The fraction of sp³-hybridized carbons (Fsp3) is 0.348. The summed E-state index contributed by atoms with van der Waals surface area (Å²) in [6.07, 6.45) is 15.1. The molecule has 10 rings (SSSR count). The molecule has 13 heteroatoms. The minimum Gasteiger partial charge on any atom is -0.306 e. The van der Waals surface area contributed by atoms with Crippen molar-refractivity contribution in [3.8, 4) is 22.8 Å². The Morgan fingerprint density at radius 2 is 0.937 bits per heavy atom. The SMILES string of the molecule is CC(C)(C)c1ccc(-n2cncn2)cc1.CC(C)(C)c1ccc(Cc2ccncc2)cc1.CC(C)(C)c1ccc(Cn2cncn2)cc1.CC(C)(C)c1cccc(-c2nn[nH]n2)c1.Cc1cn(-c2ccc(C(C)(C)C)cc2)cn1. The van der Waals surface area contributed by atoms with Gasteiger partial charge in [0.05, 0.1) is 24.3 Å². The number of H-pyrrole nitrogens is 1. The number of nitrogens with zero attached hydrogens (tertiary/aromatic N) is 12. The first-order valence-electron chi connectivity index (χ1n) is 27.0. The molecule has 79 heavy (non-hydrogen) atoms. The molecule has 0 unspecified atom stereocenters. The number of tetrazole rings is 1. The molecule has 0 atom stereocenters. The van der Waals surface area contributed by atoms with Crippen molar-refractivity contribution < 1.29 is 0 Å². The van der Waals surface area contributed by atoms with Crippen molar-refractivity contribution in [2.75, 3.05) is 0 Å². The molecule has 0 bridgehead atoms. The van der Waals surface area contributed by atoms with Gasteiger partial charge in [0.2, 0.25) is 5.82 Å². The summed E-state index contributed by atoms with van der Waals surface area (Å²) in [6.45, 7) is 36.0. The second-order valence-corrected chi connectivity index (χ2v) is 24.9. The van der Waals surface area contributed by atoms with Gasteiger partial charge in [-0.15, -0.1) is 10.2 Å². The topological polar surface area (TPSA) is 147 Å². The molecule has 0 fully saturated rings. The predicted octanol–water partition coefficient (Wildman–Crippen LogP) is 14.8. The minimum atomic E-state index is 0.139. The number of aromatic amines is 1. The van der Waals surface area contributed by atoms with Crippen molar-refractivity contribution in [3.05, 3.63) is 234 Å². The molecule has 5 aromatic heterocycles. The molecule has 0 amide bonds. The number of nitrogens with one attached hydrogen (secondary N) is 1. The standard InChI is InChI=1S/C16H19N.C14H18N2.C13H17N3.C12H15N3.C11H14N4/c1-16(2,3)15-6-4-13(5-7-15)12-14-8-10-17-11-9-14;1-11-9-16(10-15-11)13-7-5-12(6-8-13)14(2,3)4;1-13(2,3)12-6-4-11(5-7-12)8-16-10-14-9-15-16;1-12(2,3)10-4-6-11(7-5-10)15-9-13-8-14-15;1-11(2,3)9-6-4-5-8(7-9)10-12-14-15-13-10/h4-11H,12H2,1-3H3;5-10H,1-4H3;4-7,9-10H,8H2,1-3H3;4-9H,1-3H3;4-7H,1-3H3,(H,12,13,14,15). The number of imidazole rings is 1. The third kappa shape index (κ3) is 19.0. The molecule has 0 aliphatic rings. The van der Waals surface area contributed by atoms with E-state index in [0.717, 1.165) is 35.6 Å². The molecule has 0 saturated carbocycles. The average Bonchev–Trinajstić information content (AvgIpc) is 4.28. The van der Waals surface area contributed by atoms with E-state index in [1.54, 1.807) is 23.7 Å². The summed E-state index contributed by atoms with van der Waals surface area (Å²) in [5.74, 6) is 0.640. The lowest BCUT2D eigenvalue weighted by Crippen LogP contribution is -2.11. The summed E-state index contributed by atoms with van der Waals surface area (Å²) >= 11 is 0. The summed E-state index contributed by atoms with van der Waals surface area (Å²) in [7, 11) is 0. The van der Waals surface area contributed by atoms with Gasteiger partial charge in [-0.25, -0.2) is 24.3 Å². The number of benzene rings is 5. The van der Waals surface area contributed by atoms with Gasteiger partial charge in [0.15, 0.2) is 0 Å². The van der Waals surface area contributed by atoms with E-state index in [0.29, 0.717) is 5.82 Å². The van der Waals surface area contributed by atoms with Gasteiger partial charge in [-0.3, -0.25) is 4.98 Å². The van der Waals surface area contributed by atoms with Gasteiger partial charge in [0.25, 0.3) is 0 Å². The molecule has 0 radical (unpaired) electrons. The Morgan fingerprint density at radius 3 is 1.38 bits per heavy atom. The van der Waals surface area contributed by atoms with E-state index in [2.05, 4.69) is 276 Å². The van der Waals surface area contributed by atoms with E-state index >= 15 is 0 Å². The maximum Gasteiger partial charge on any atom is 0.204 e. The Morgan fingerprint density at radius 1 is 0.456 bits per heavy atom. The number of aromatic nitrogens is 13. The van der Waals surface area contributed by atoms with Crippen LogP contribution in [0.5, 0.6) is 0 Å². The largest absolute Gasteiger partial charge is 0.306 e. The first kappa shape index (κ1) is 60.0. The predicted molar refractivity (Wildman–Crippen MR) is 322 cm³/mol. The van der Waals surface area contributed by atoms with Crippen LogP contribution in [0.15, 0.2) is 184 Å². The average molecular weight is 1060 g/mol. The van der Waals surface area contributed by atoms with E-state index in [-0.39, 0.29) is 27.1 Å². The van der Waals surface area contributed by atoms with Gasteiger partial charge in [0, 0.05) is 29.8 Å². The van der Waals surface area contributed by atoms with Crippen molar-refractivity contribution in [2.45, 2.75) is 151 Å². The van der Waals surface area contributed by atoms with Crippen molar-refractivity contribution in [3.63, 3.8) is 0 Å². The Labute approximate surface area is 470 Å². The number of hydrogen-bond donors (Lipinski definition) is 1. The van der Waals surface area contributed by atoms with Crippen molar-refractivity contribution in [1.82, 2.24) is 64.7 Å². The molecular weight excluding hydrogens is 975 g/mol. The third-order valence-electron chi connectivity index (χ3n) is 13.1. The monoisotopic (exact) mass is 1060 g/mol. The Hall–Kier alpha value is -8.19. The quantitative estimate of drug-likeness (QED) is 0.165. The van der Waals surface area contributed by atoms with Gasteiger partial charge in [-0.05, 0) is 133 Å². The summed E-state index contributed by atoms with van der Waals surface area (Å²) < 4.78 is 5.63. The summed E-state index contributed by atoms with van der Waals surface area (Å²) in [4.78, 5) is 16.1.